The zero-order valence-corrected chi connectivity index (χ0v) is 13.2. The van der Waals surface area contributed by atoms with Crippen molar-refractivity contribution in [1.29, 1.82) is 0 Å². The number of nitrogens with one attached hydrogen (secondary N) is 1. The summed E-state index contributed by atoms with van der Waals surface area (Å²) in [6.45, 7) is 8.80. The fourth-order valence-electron chi connectivity index (χ4n) is 1.97. The van der Waals surface area contributed by atoms with Gasteiger partial charge < -0.3 is 10.1 Å². The molecule has 0 amide bonds. The molecule has 6 nitrogen and oxygen atoms in total. The molecule has 1 aromatic heterocycles. The molecule has 0 aliphatic heterocycles. The van der Waals surface area contributed by atoms with E-state index in [0.29, 0.717) is 19.6 Å². The van der Waals surface area contributed by atoms with Crippen LogP contribution in [0.2, 0.25) is 0 Å². The highest BCUT2D eigenvalue weighted by molar-refractivity contribution is 5.80. The number of nitrogens with zero attached hydrogens (tertiary/aromatic N) is 3. The summed E-state index contributed by atoms with van der Waals surface area (Å²) >= 11 is 0. The molecule has 1 unspecified atom stereocenters. The highest BCUT2D eigenvalue weighted by atomic mass is 16.5. The molecular formula is C14H26N4O2. The Morgan fingerprint density at radius 3 is 2.55 bits per heavy atom. The first-order valence-corrected chi connectivity index (χ1v) is 7.29. The van der Waals surface area contributed by atoms with Gasteiger partial charge in [-0.05, 0) is 27.3 Å². The average Bonchev–Trinajstić information content (AvgIpc) is 2.87. The van der Waals surface area contributed by atoms with E-state index in [1.807, 2.05) is 25.5 Å². The number of likely N-dealkylation sites (N-methyl/N-ethyl adjacent to an activating group) is 1. The van der Waals surface area contributed by atoms with Crippen LogP contribution in [0.4, 0.5) is 0 Å². The van der Waals surface area contributed by atoms with Crippen LogP contribution in [0, 0.1) is 0 Å². The van der Waals surface area contributed by atoms with Gasteiger partial charge in [0, 0.05) is 19.4 Å². The number of hydrogen-bond donors (Lipinski definition) is 1. The Labute approximate surface area is 120 Å². The van der Waals surface area contributed by atoms with Gasteiger partial charge in [-0.1, -0.05) is 13.8 Å². The van der Waals surface area contributed by atoms with Gasteiger partial charge in [0.2, 0.25) is 0 Å². The number of carbonyl (C=O) groups is 1. The number of rotatable bonds is 8. The summed E-state index contributed by atoms with van der Waals surface area (Å²) in [6.07, 6.45) is 2.27. The molecule has 0 aliphatic carbocycles. The minimum Gasteiger partial charge on any atom is -0.465 e. The Kier molecular flexibility index (Phi) is 6.13. The van der Waals surface area contributed by atoms with Crippen LogP contribution in [0.3, 0.4) is 0 Å². The summed E-state index contributed by atoms with van der Waals surface area (Å²) in [5.41, 5.74) is -0.695. The number of hydrogen-bond acceptors (Lipinski definition) is 5. The normalized spacial score (nSPS) is 14.1. The molecule has 0 saturated heterocycles. The molecule has 0 aliphatic rings. The third-order valence-corrected chi connectivity index (χ3v) is 3.53. The molecule has 1 N–H and O–H groups in total. The summed E-state index contributed by atoms with van der Waals surface area (Å²) in [7, 11) is 1.77. The minimum atomic E-state index is -0.695. The number of aromatic nitrogens is 3. The molecular weight excluding hydrogens is 256 g/mol. The quantitative estimate of drug-likeness (QED) is 0.729. The Morgan fingerprint density at radius 1 is 1.35 bits per heavy atom. The third-order valence-electron chi connectivity index (χ3n) is 3.53. The fraction of sp³-hybridized carbons (Fsp3) is 0.786. The van der Waals surface area contributed by atoms with Crippen LogP contribution in [0.5, 0.6) is 0 Å². The molecule has 0 aromatic carbocycles. The Balaban J connectivity index is 2.77. The van der Waals surface area contributed by atoms with Gasteiger partial charge in [-0.25, -0.2) is 9.67 Å². The Morgan fingerprint density at radius 2 is 2.05 bits per heavy atom. The molecule has 1 heterocycles. The smallest absolute Gasteiger partial charge is 0.326 e. The summed E-state index contributed by atoms with van der Waals surface area (Å²) in [4.78, 5) is 16.5. The van der Waals surface area contributed by atoms with E-state index in [4.69, 9.17) is 4.74 Å². The van der Waals surface area contributed by atoms with Crippen LogP contribution in [0.15, 0.2) is 0 Å². The lowest BCUT2D eigenvalue weighted by atomic mass is 9.98. The first-order chi connectivity index (χ1) is 9.50. The van der Waals surface area contributed by atoms with Crippen molar-refractivity contribution in [1.82, 2.24) is 20.1 Å². The molecule has 1 atom stereocenters. The highest BCUT2D eigenvalue weighted by Crippen LogP contribution is 2.14. The largest absolute Gasteiger partial charge is 0.465 e. The molecule has 0 bridgehead atoms. The van der Waals surface area contributed by atoms with Crippen LogP contribution in [-0.4, -0.2) is 39.9 Å². The van der Waals surface area contributed by atoms with Crippen molar-refractivity contribution in [2.75, 3.05) is 13.7 Å². The summed E-state index contributed by atoms with van der Waals surface area (Å²) in [5.74, 6) is 1.59. The van der Waals surface area contributed by atoms with E-state index in [-0.39, 0.29) is 5.97 Å². The van der Waals surface area contributed by atoms with Gasteiger partial charge in [0.05, 0.1) is 6.61 Å². The van der Waals surface area contributed by atoms with Gasteiger partial charge in [0.25, 0.3) is 0 Å². The number of carbonyl (C=O) groups excluding carboxylic acids is 1. The topological polar surface area (TPSA) is 69.0 Å². The maximum Gasteiger partial charge on any atom is 0.326 e. The summed E-state index contributed by atoms with van der Waals surface area (Å²) < 4.78 is 7.02. The Bertz CT molecular complexity index is 444. The van der Waals surface area contributed by atoms with E-state index in [0.717, 1.165) is 24.5 Å². The fourth-order valence-corrected chi connectivity index (χ4v) is 1.97. The second-order valence-corrected chi connectivity index (χ2v) is 4.93. The average molecular weight is 282 g/mol. The number of esters is 1. The molecule has 114 valence electrons. The molecule has 0 radical (unpaired) electrons. The van der Waals surface area contributed by atoms with Gasteiger partial charge >= 0.3 is 5.97 Å². The minimum absolute atomic E-state index is 0.226. The predicted octanol–water partition coefficient (Wildman–Crippen LogP) is 1.33. The molecule has 1 aromatic rings. The van der Waals surface area contributed by atoms with Crippen LogP contribution >= 0.6 is 0 Å². The zero-order valence-electron chi connectivity index (χ0n) is 13.2. The van der Waals surface area contributed by atoms with Crippen molar-refractivity contribution in [3.8, 4) is 0 Å². The van der Waals surface area contributed by atoms with E-state index in [1.165, 1.54) is 0 Å². The van der Waals surface area contributed by atoms with Crippen molar-refractivity contribution < 1.29 is 9.53 Å². The van der Waals surface area contributed by atoms with Crippen LogP contribution in [0.25, 0.3) is 0 Å². The van der Waals surface area contributed by atoms with E-state index < -0.39 is 5.54 Å². The van der Waals surface area contributed by atoms with Crippen LogP contribution in [0.1, 0.15) is 45.8 Å². The molecule has 0 saturated carbocycles. The predicted molar refractivity (Wildman–Crippen MR) is 77.5 cm³/mol. The maximum absolute atomic E-state index is 12.0. The highest BCUT2D eigenvalue weighted by Gasteiger charge is 2.33. The van der Waals surface area contributed by atoms with Crippen molar-refractivity contribution in [2.45, 2.75) is 59.0 Å². The summed E-state index contributed by atoms with van der Waals surface area (Å²) in [5, 5.41) is 7.52. The standard InChI is InChI=1S/C14H26N4O2/c1-6-11-16-12(7-2)18(17-11)10-9-14(4,15-5)13(19)20-8-3/h15H,6-10H2,1-5H3. The van der Waals surface area contributed by atoms with E-state index in [9.17, 15) is 4.79 Å². The van der Waals surface area contributed by atoms with E-state index in [1.54, 1.807) is 7.05 Å². The number of ether oxygens (including phenoxy) is 1. The lowest BCUT2D eigenvalue weighted by molar-refractivity contribution is -0.150. The number of aryl methyl sites for hydroxylation is 3. The van der Waals surface area contributed by atoms with Gasteiger partial charge in [-0.3, -0.25) is 4.79 Å². The van der Waals surface area contributed by atoms with Gasteiger partial charge in [-0.2, -0.15) is 5.10 Å². The lowest BCUT2D eigenvalue weighted by Crippen LogP contribution is -2.49. The first-order valence-electron chi connectivity index (χ1n) is 7.29. The van der Waals surface area contributed by atoms with Crippen molar-refractivity contribution in [3.05, 3.63) is 11.6 Å². The lowest BCUT2D eigenvalue weighted by Gasteiger charge is -2.26. The van der Waals surface area contributed by atoms with Crippen LogP contribution < -0.4 is 5.32 Å². The second kappa shape index (κ2) is 7.38. The van der Waals surface area contributed by atoms with Crippen molar-refractivity contribution in [3.63, 3.8) is 0 Å². The van der Waals surface area contributed by atoms with Gasteiger partial charge in [0.1, 0.15) is 11.4 Å². The van der Waals surface area contributed by atoms with Gasteiger partial charge in [-0.15, -0.1) is 0 Å². The molecule has 0 fully saturated rings. The van der Waals surface area contributed by atoms with Gasteiger partial charge in [0.15, 0.2) is 5.82 Å². The SMILES string of the molecule is CCOC(=O)C(C)(CCn1nc(CC)nc1CC)NC. The molecule has 0 spiro atoms. The first kappa shape index (κ1) is 16.6. The molecule has 1 rings (SSSR count). The molecule has 20 heavy (non-hydrogen) atoms. The maximum atomic E-state index is 12.0. The monoisotopic (exact) mass is 282 g/mol. The van der Waals surface area contributed by atoms with Crippen molar-refractivity contribution >= 4 is 5.97 Å². The third kappa shape index (κ3) is 3.79. The van der Waals surface area contributed by atoms with Crippen molar-refractivity contribution in [2.24, 2.45) is 0 Å². The second-order valence-electron chi connectivity index (χ2n) is 4.93. The van der Waals surface area contributed by atoms with E-state index in [2.05, 4.69) is 22.3 Å². The summed E-state index contributed by atoms with van der Waals surface area (Å²) in [6, 6.07) is 0. The van der Waals surface area contributed by atoms with E-state index >= 15 is 0 Å². The zero-order chi connectivity index (χ0) is 15.2. The molecule has 6 heteroatoms. The Hall–Kier alpha value is -1.43. The van der Waals surface area contributed by atoms with Crippen LogP contribution in [-0.2, 0) is 28.9 Å².